The summed E-state index contributed by atoms with van der Waals surface area (Å²) in [4.78, 5) is 0. The van der Waals surface area contributed by atoms with Gasteiger partial charge >= 0.3 is 0 Å². The van der Waals surface area contributed by atoms with Gasteiger partial charge in [0.25, 0.3) is 0 Å². The minimum atomic E-state index is 0.880. The molecule has 0 heterocycles. The zero-order valence-corrected chi connectivity index (χ0v) is 12.6. The van der Waals surface area contributed by atoms with Gasteiger partial charge in [0.15, 0.2) is 0 Å². The van der Waals surface area contributed by atoms with Crippen LogP contribution in [0.15, 0.2) is 48.2 Å². The molecular formula is C19H21NO. The average Bonchev–Trinajstić information content (AvgIpc) is 2.52. The van der Waals surface area contributed by atoms with Crippen LogP contribution in [0.3, 0.4) is 0 Å². The van der Waals surface area contributed by atoms with Crippen LogP contribution in [0.5, 0.6) is 5.75 Å². The number of methoxy groups -OCH3 is 1. The Morgan fingerprint density at radius 2 is 1.90 bits per heavy atom. The Bertz CT molecular complexity index is 659. The molecule has 0 bridgehead atoms. The number of benzene rings is 2. The number of nitrogens with one attached hydrogen (secondary N) is 1. The smallest absolute Gasteiger partial charge is 0.122 e. The third-order valence-electron chi connectivity index (χ3n) is 3.94. The third kappa shape index (κ3) is 3.10. The summed E-state index contributed by atoms with van der Waals surface area (Å²) in [7, 11) is 1.75. The molecule has 2 heteroatoms. The van der Waals surface area contributed by atoms with Crippen LogP contribution in [0.2, 0.25) is 0 Å². The van der Waals surface area contributed by atoms with Crippen LogP contribution < -0.4 is 10.1 Å². The number of aryl methyl sites for hydroxylation is 1. The summed E-state index contributed by atoms with van der Waals surface area (Å²) >= 11 is 0. The van der Waals surface area contributed by atoms with Gasteiger partial charge in [0.05, 0.1) is 7.11 Å². The number of allylic oxidation sites excluding steroid dienone is 1. The first kappa shape index (κ1) is 13.7. The summed E-state index contributed by atoms with van der Waals surface area (Å²) < 4.78 is 5.51. The minimum Gasteiger partial charge on any atom is -0.496 e. The van der Waals surface area contributed by atoms with Crippen molar-refractivity contribution in [2.75, 3.05) is 7.11 Å². The molecule has 1 N–H and O–H groups in total. The summed E-state index contributed by atoms with van der Waals surface area (Å²) in [5.74, 6) is 1.02. The molecule has 2 nitrogen and oxygen atoms in total. The predicted octanol–water partition coefficient (Wildman–Crippen LogP) is 4.08. The fourth-order valence-corrected chi connectivity index (χ4v) is 2.86. The molecule has 0 unspecified atom stereocenters. The van der Waals surface area contributed by atoms with Crippen molar-refractivity contribution in [2.45, 2.75) is 26.3 Å². The summed E-state index contributed by atoms with van der Waals surface area (Å²) in [6, 6.07) is 14.9. The Morgan fingerprint density at radius 3 is 2.67 bits per heavy atom. The Kier molecular flexibility index (Phi) is 3.96. The molecule has 21 heavy (non-hydrogen) atoms. The van der Waals surface area contributed by atoms with Crippen LogP contribution in [0.4, 0.5) is 0 Å². The number of hydrogen-bond acceptors (Lipinski definition) is 2. The normalized spacial score (nSPS) is 13.3. The topological polar surface area (TPSA) is 21.3 Å². The van der Waals surface area contributed by atoms with E-state index in [4.69, 9.17) is 4.74 Å². The molecule has 0 radical (unpaired) electrons. The van der Waals surface area contributed by atoms with Gasteiger partial charge in [0, 0.05) is 17.8 Å². The lowest BCUT2D eigenvalue weighted by Crippen LogP contribution is -2.16. The average molecular weight is 279 g/mol. The van der Waals surface area contributed by atoms with E-state index >= 15 is 0 Å². The quantitative estimate of drug-likeness (QED) is 0.910. The fourth-order valence-electron chi connectivity index (χ4n) is 2.86. The van der Waals surface area contributed by atoms with Crippen molar-refractivity contribution in [3.05, 3.63) is 70.4 Å². The van der Waals surface area contributed by atoms with E-state index in [-0.39, 0.29) is 0 Å². The van der Waals surface area contributed by atoms with Crippen molar-refractivity contribution in [3.63, 3.8) is 0 Å². The summed E-state index contributed by atoms with van der Waals surface area (Å²) in [6.07, 6.45) is 4.34. The molecular weight excluding hydrogens is 258 g/mol. The number of ether oxygens (including phenoxy) is 1. The summed E-state index contributed by atoms with van der Waals surface area (Å²) in [5, 5.41) is 3.56. The van der Waals surface area contributed by atoms with Crippen LogP contribution in [-0.2, 0) is 13.0 Å². The minimum absolute atomic E-state index is 0.880. The Labute approximate surface area is 126 Å². The van der Waals surface area contributed by atoms with E-state index in [9.17, 15) is 0 Å². The van der Waals surface area contributed by atoms with E-state index in [1.807, 2.05) is 0 Å². The molecule has 0 aromatic heterocycles. The molecule has 3 rings (SSSR count). The highest BCUT2D eigenvalue weighted by atomic mass is 16.5. The van der Waals surface area contributed by atoms with Crippen LogP contribution in [-0.4, -0.2) is 7.11 Å². The second-order valence-corrected chi connectivity index (χ2v) is 5.54. The number of fused-ring (bicyclic) bond motifs is 1. The van der Waals surface area contributed by atoms with Crippen molar-refractivity contribution in [2.24, 2.45) is 0 Å². The van der Waals surface area contributed by atoms with Crippen molar-refractivity contribution in [1.82, 2.24) is 5.32 Å². The van der Waals surface area contributed by atoms with E-state index in [1.165, 1.54) is 28.0 Å². The number of rotatable bonds is 4. The van der Waals surface area contributed by atoms with Gasteiger partial charge in [0.2, 0.25) is 0 Å². The van der Waals surface area contributed by atoms with E-state index < -0.39 is 0 Å². The van der Waals surface area contributed by atoms with Crippen LogP contribution >= 0.6 is 0 Å². The van der Waals surface area contributed by atoms with Gasteiger partial charge in [-0.3, -0.25) is 0 Å². The first-order valence-corrected chi connectivity index (χ1v) is 7.42. The van der Waals surface area contributed by atoms with Crippen molar-refractivity contribution >= 4 is 6.08 Å². The lowest BCUT2D eigenvalue weighted by Gasteiger charge is -2.21. The van der Waals surface area contributed by atoms with Gasteiger partial charge in [-0.05, 0) is 48.6 Å². The van der Waals surface area contributed by atoms with Gasteiger partial charge in [0.1, 0.15) is 5.75 Å². The lowest BCUT2D eigenvalue weighted by molar-refractivity contribution is 0.408. The van der Waals surface area contributed by atoms with Crippen LogP contribution in [0, 0.1) is 6.92 Å². The number of hydrogen-bond donors (Lipinski definition) is 1. The second-order valence-electron chi connectivity index (χ2n) is 5.54. The van der Waals surface area contributed by atoms with E-state index in [0.717, 1.165) is 25.1 Å². The fraction of sp³-hybridized carbons (Fsp3) is 0.263. The maximum Gasteiger partial charge on any atom is 0.122 e. The van der Waals surface area contributed by atoms with Gasteiger partial charge in [-0.1, -0.05) is 36.4 Å². The molecule has 2 aromatic carbocycles. The predicted molar refractivity (Wildman–Crippen MR) is 87.3 cm³/mol. The van der Waals surface area contributed by atoms with Crippen molar-refractivity contribution < 1.29 is 4.74 Å². The molecule has 0 aliphatic heterocycles. The highest BCUT2D eigenvalue weighted by Crippen LogP contribution is 2.31. The molecule has 108 valence electrons. The second kappa shape index (κ2) is 6.04. The highest BCUT2D eigenvalue weighted by molar-refractivity contribution is 5.63. The molecule has 0 fully saturated rings. The first-order valence-electron chi connectivity index (χ1n) is 7.42. The van der Waals surface area contributed by atoms with E-state index in [1.54, 1.807) is 7.11 Å². The molecule has 0 saturated heterocycles. The summed E-state index contributed by atoms with van der Waals surface area (Å²) in [6.45, 7) is 2.99. The largest absolute Gasteiger partial charge is 0.496 e. The Balaban J connectivity index is 1.79. The van der Waals surface area contributed by atoms with E-state index in [0.29, 0.717) is 0 Å². The molecule has 0 spiro atoms. The van der Waals surface area contributed by atoms with Crippen LogP contribution in [0.1, 0.15) is 28.7 Å². The van der Waals surface area contributed by atoms with Crippen molar-refractivity contribution in [3.8, 4) is 5.75 Å². The van der Waals surface area contributed by atoms with Crippen molar-refractivity contribution in [1.29, 1.82) is 0 Å². The standard InChI is InChI=1S/C19H21NO/c1-14-10-16-12-17(8-9-18(16)19(11-14)21-2)20-13-15-6-4-3-5-7-15/h3-7,10-12,20H,8-9,13H2,1-2H3. The highest BCUT2D eigenvalue weighted by Gasteiger charge is 2.15. The van der Waals surface area contributed by atoms with Crippen LogP contribution in [0.25, 0.3) is 6.08 Å². The monoisotopic (exact) mass is 279 g/mol. The maximum atomic E-state index is 5.51. The van der Waals surface area contributed by atoms with Gasteiger partial charge in [-0.2, -0.15) is 0 Å². The van der Waals surface area contributed by atoms with Gasteiger partial charge < -0.3 is 10.1 Å². The maximum absolute atomic E-state index is 5.51. The molecule has 0 saturated carbocycles. The molecule has 1 aliphatic rings. The summed E-state index contributed by atoms with van der Waals surface area (Å²) in [5.41, 5.74) is 6.47. The van der Waals surface area contributed by atoms with Gasteiger partial charge in [-0.15, -0.1) is 0 Å². The van der Waals surface area contributed by atoms with Gasteiger partial charge in [-0.25, -0.2) is 0 Å². The molecule has 1 aliphatic carbocycles. The SMILES string of the molecule is COc1cc(C)cc2c1CCC(NCc1ccccc1)=C2. The molecule has 0 atom stereocenters. The first-order chi connectivity index (χ1) is 10.3. The Morgan fingerprint density at radius 1 is 1.10 bits per heavy atom. The zero-order chi connectivity index (χ0) is 14.7. The molecule has 0 amide bonds. The van der Waals surface area contributed by atoms with E-state index in [2.05, 4.69) is 60.8 Å². The Hall–Kier alpha value is -2.22. The lowest BCUT2D eigenvalue weighted by atomic mass is 9.93. The molecule has 2 aromatic rings. The zero-order valence-electron chi connectivity index (χ0n) is 12.6. The third-order valence-corrected chi connectivity index (χ3v) is 3.94.